The summed E-state index contributed by atoms with van der Waals surface area (Å²) in [7, 11) is -3.25. The van der Waals surface area contributed by atoms with Gasteiger partial charge in [0, 0.05) is 0 Å². The minimum absolute atomic E-state index is 0.0556. The summed E-state index contributed by atoms with van der Waals surface area (Å²) in [6.45, 7) is 0. The average Bonchev–Trinajstić information content (AvgIpc) is 2.24. The van der Waals surface area contributed by atoms with E-state index in [9.17, 15) is 8.42 Å². The molecule has 0 spiro atoms. The highest BCUT2D eigenvalue weighted by Gasteiger charge is 2.43. The van der Waals surface area contributed by atoms with Gasteiger partial charge in [-0.3, -0.25) is 4.18 Å². The van der Waals surface area contributed by atoms with Crippen LogP contribution in [0.5, 0.6) is 0 Å². The molecule has 12 heavy (non-hydrogen) atoms. The number of hydrogen-bond donors (Lipinski definition) is 0. The molecule has 0 radical (unpaired) electrons. The Bertz CT molecular complexity index is 304. The van der Waals surface area contributed by atoms with Gasteiger partial charge >= 0.3 is 0 Å². The first-order chi connectivity index (χ1) is 5.56. The summed E-state index contributed by atoms with van der Waals surface area (Å²) in [5.41, 5.74) is 0. The molecule has 0 N–H and O–H groups in total. The van der Waals surface area contributed by atoms with Gasteiger partial charge in [-0.05, 0) is 24.7 Å². The highest BCUT2D eigenvalue weighted by molar-refractivity contribution is 7.86. The van der Waals surface area contributed by atoms with Crippen molar-refractivity contribution >= 4 is 10.1 Å². The molecule has 0 aromatic heterocycles. The topological polar surface area (TPSA) is 43.4 Å². The van der Waals surface area contributed by atoms with E-state index in [1.165, 1.54) is 0 Å². The Kier molecular flexibility index (Phi) is 1.77. The standard InChI is InChI=1S/C8H12O3S/c1-12(9,10)11-8-5-6-3-2-4-7(6)8/h2-3,6-8H,4-5H2,1H3. The van der Waals surface area contributed by atoms with Crippen molar-refractivity contribution in [3.8, 4) is 0 Å². The minimum Gasteiger partial charge on any atom is -0.267 e. The Balaban J connectivity index is 1.95. The molecule has 1 saturated carbocycles. The molecule has 3 atom stereocenters. The van der Waals surface area contributed by atoms with Gasteiger partial charge in [0.25, 0.3) is 10.1 Å². The summed E-state index contributed by atoms with van der Waals surface area (Å²) in [6.07, 6.45) is 7.18. The van der Waals surface area contributed by atoms with Crippen molar-refractivity contribution in [2.24, 2.45) is 11.8 Å². The Morgan fingerprint density at radius 2 is 2.25 bits per heavy atom. The van der Waals surface area contributed by atoms with Gasteiger partial charge in [-0.15, -0.1) is 0 Å². The molecule has 0 saturated heterocycles. The van der Waals surface area contributed by atoms with Crippen LogP contribution in [0.3, 0.4) is 0 Å². The first-order valence-electron chi connectivity index (χ1n) is 4.11. The molecular formula is C8H12O3S. The van der Waals surface area contributed by atoms with Gasteiger partial charge in [-0.1, -0.05) is 12.2 Å². The fraction of sp³-hybridized carbons (Fsp3) is 0.750. The van der Waals surface area contributed by atoms with Crippen LogP contribution < -0.4 is 0 Å². The Labute approximate surface area is 72.5 Å². The van der Waals surface area contributed by atoms with E-state index in [0.717, 1.165) is 19.1 Å². The van der Waals surface area contributed by atoms with Crippen LogP contribution in [0.2, 0.25) is 0 Å². The highest BCUT2D eigenvalue weighted by atomic mass is 32.2. The predicted molar refractivity (Wildman–Crippen MR) is 45.1 cm³/mol. The normalized spacial score (nSPS) is 39.2. The maximum Gasteiger partial charge on any atom is 0.264 e. The fourth-order valence-electron chi connectivity index (χ4n) is 1.99. The molecule has 68 valence electrons. The third-order valence-electron chi connectivity index (χ3n) is 2.62. The summed E-state index contributed by atoms with van der Waals surface area (Å²) < 4.78 is 26.5. The lowest BCUT2D eigenvalue weighted by atomic mass is 9.73. The monoisotopic (exact) mass is 188 g/mol. The van der Waals surface area contributed by atoms with Gasteiger partial charge in [-0.25, -0.2) is 0 Å². The van der Waals surface area contributed by atoms with E-state index in [1.807, 2.05) is 0 Å². The minimum atomic E-state index is -3.25. The predicted octanol–water partition coefficient (Wildman–Crippen LogP) is 0.927. The molecule has 2 aliphatic carbocycles. The maximum atomic E-state index is 10.8. The van der Waals surface area contributed by atoms with Gasteiger partial charge < -0.3 is 0 Å². The lowest BCUT2D eigenvalue weighted by Gasteiger charge is -2.38. The zero-order valence-corrected chi connectivity index (χ0v) is 7.75. The van der Waals surface area contributed by atoms with Crippen molar-refractivity contribution < 1.29 is 12.6 Å². The van der Waals surface area contributed by atoms with Crippen molar-refractivity contribution in [2.45, 2.75) is 18.9 Å². The zero-order valence-electron chi connectivity index (χ0n) is 6.93. The van der Waals surface area contributed by atoms with E-state index < -0.39 is 10.1 Å². The van der Waals surface area contributed by atoms with Crippen LogP contribution in [-0.4, -0.2) is 20.8 Å². The molecule has 0 amide bonds. The van der Waals surface area contributed by atoms with E-state index >= 15 is 0 Å². The molecule has 2 rings (SSSR count). The molecule has 1 fully saturated rings. The average molecular weight is 188 g/mol. The molecule has 4 heteroatoms. The number of hydrogen-bond acceptors (Lipinski definition) is 3. The largest absolute Gasteiger partial charge is 0.267 e. The van der Waals surface area contributed by atoms with Gasteiger partial charge in [0.1, 0.15) is 0 Å². The van der Waals surface area contributed by atoms with Crippen LogP contribution in [0, 0.1) is 11.8 Å². The second-order valence-electron chi connectivity index (χ2n) is 3.57. The second-order valence-corrected chi connectivity index (χ2v) is 5.17. The molecule has 0 bridgehead atoms. The van der Waals surface area contributed by atoms with E-state index in [4.69, 9.17) is 4.18 Å². The van der Waals surface area contributed by atoms with Crippen molar-refractivity contribution in [2.75, 3.05) is 6.26 Å². The Morgan fingerprint density at radius 3 is 2.83 bits per heavy atom. The summed E-state index contributed by atoms with van der Waals surface area (Å²) in [5, 5.41) is 0. The number of rotatable bonds is 2. The third-order valence-corrected chi connectivity index (χ3v) is 3.22. The van der Waals surface area contributed by atoms with Crippen LogP contribution in [0.15, 0.2) is 12.2 Å². The van der Waals surface area contributed by atoms with Crippen LogP contribution in [0.1, 0.15) is 12.8 Å². The van der Waals surface area contributed by atoms with Crippen LogP contribution in [0.4, 0.5) is 0 Å². The number of fused-ring (bicyclic) bond motifs is 1. The van der Waals surface area contributed by atoms with Crippen LogP contribution in [-0.2, 0) is 14.3 Å². The highest BCUT2D eigenvalue weighted by Crippen LogP contribution is 2.44. The quantitative estimate of drug-likeness (QED) is 0.478. The van der Waals surface area contributed by atoms with E-state index in [0.29, 0.717) is 11.8 Å². The number of allylic oxidation sites excluding steroid dienone is 2. The van der Waals surface area contributed by atoms with Gasteiger partial charge in [0.2, 0.25) is 0 Å². The Hall–Kier alpha value is -0.350. The van der Waals surface area contributed by atoms with Crippen molar-refractivity contribution in [3.63, 3.8) is 0 Å². The lowest BCUT2D eigenvalue weighted by molar-refractivity contribution is 0.0238. The van der Waals surface area contributed by atoms with Gasteiger partial charge in [0.15, 0.2) is 0 Å². The Morgan fingerprint density at radius 1 is 1.50 bits per heavy atom. The maximum absolute atomic E-state index is 10.8. The summed E-state index contributed by atoms with van der Waals surface area (Å²) in [6, 6.07) is 0. The molecule has 2 aliphatic rings. The van der Waals surface area contributed by atoms with Crippen molar-refractivity contribution in [1.29, 1.82) is 0 Å². The van der Waals surface area contributed by atoms with E-state index in [2.05, 4.69) is 12.2 Å². The first kappa shape index (κ1) is 8.26. The molecule has 0 aromatic rings. The van der Waals surface area contributed by atoms with Crippen molar-refractivity contribution in [3.05, 3.63) is 12.2 Å². The molecular weight excluding hydrogens is 176 g/mol. The molecule has 0 heterocycles. The molecule has 3 unspecified atom stereocenters. The summed E-state index contributed by atoms with van der Waals surface area (Å²) in [5.74, 6) is 1.01. The molecule has 0 aliphatic heterocycles. The van der Waals surface area contributed by atoms with Crippen LogP contribution >= 0.6 is 0 Å². The zero-order chi connectivity index (χ0) is 8.77. The fourth-order valence-corrected chi connectivity index (χ4v) is 2.66. The van der Waals surface area contributed by atoms with E-state index in [1.54, 1.807) is 0 Å². The molecule has 0 aromatic carbocycles. The SMILES string of the molecule is CS(=O)(=O)OC1CC2C=CCC21. The first-order valence-corrected chi connectivity index (χ1v) is 5.93. The third kappa shape index (κ3) is 1.41. The second kappa shape index (κ2) is 2.57. The van der Waals surface area contributed by atoms with Crippen LogP contribution in [0.25, 0.3) is 0 Å². The van der Waals surface area contributed by atoms with Crippen molar-refractivity contribution in [1.82, 2.24) is 0 Å². The molecule has 3 nitrogen and oxygen atoms in total. The van der Waals surface area contributed by atoms with Gasteiger partial charge in [0.05, 0.1) is 12.4 Å². The lowest BCUT2D eigenvalue weighted by Crippen LogP contribution is -2.40. The smallest absolute Gasteiger partial charge is 0.264 e. The van der Waals surface area contributed by atoms with Gasteiger partial charge in [-0.2, -0.15) is 8.42 Å². The summed E-state index contributed by atoms with van der Waals surface area (Å²) in [4.78, 5) is 0. The van der Waals surface area contributed by atoms with E-state index in [-0.39, 0.29) is 6.10 Å². The summed E-state index contributed by atoms with van der Waals surface area (Å²) >= 11 is 0.